The van der Waals surface area contributed by atoms with Crippen molar-refractivity contribution in [1.29, 1.82) is 0 Å². The van der Waals surface area contributed by atoms with Crippen LogP contribution in [-0.2, 0) is 10.0 Å². The highest BCUT2D eigenvalue weighted by Crippen LogP contribution is 2.31. The van der Waals surface area contributed by atoms with Gasteiger partial charge in [-0.1, -0.05) is 49.6 Å². The molecule has 2 atom stereocenters. The van der Waals surface area contributed by atoms with Gasteiger partial charge >= 0.3 is 0 Å². The van der Waals surface area contributed by atoms with E-state index in [4.69, 9.17) is 11.2 Å². The van der Waals surface area contributed by atoms with Crippen LogP contribution < -0.4 is 4.74 Å². The van der Waals surface area contributed by atoms with Crippen molar-refractivity contribution >= 4 is 10.0 Å². The highest BCUT2D eigenvalue weighted by molar-refractivity contribution is 7.89. The zero-order valence-corrected chi connectivity index (χ0v) is 18.2. The lowest BCUT2D eigenvalue weighted by Gasteiger charge is -2.34. The number of benzene rings is 2. The molecule has 2 aromatic rings. The van der Waals surface area contributed by atoms with Crippen LogP contribution >= 0.6 is 0 Å². The van der Waals surface area contributed by atoms with Crippen molar-refractivity contribution < 1.29 is 18.3 Å². The van der Waals surface area contributed by atoms with Crippen molar-refractivity contribution in [2.45, 2.75) is 44.2 Å². The van der Waals surface area contributed by atoms with Gasteiger partial charge in [0.25, 0.3) is 0 Å². The van der Waals surface area contributed by atoms with E-state index < -0.39 is 22.2 Å². The fourth-order valence-corrected chi connectivity index (χ4v) is 4.80. The molecule has 0 radical (unpaired) electrons. The summed E-state index contributed by atoms with van der Waals surface area (Å²) >= 11 is 0. The van der Waals surface area contributed by atoms with Crippen LogP contribution in [0.15, 0.2) is 53.4 Å². The average molecular weight is 416 g/mol. The number of sulfonamides is 1. The number of nitrogens with zero attached hydrogens (tertiary/aromatic N) is 1. The molecule has 29 heavy (non-hydrogen) atoms. The van der Waals surface area contributed by atoms with Gasteiger partial charge in [-0.05, 0) is 49.1 Å². The third-order valence-electron chi connectivity index (χ3n) is 4.76. The number of aryl methyl sites for hydroxylation is 1. The first kappa shape index (κ1) is 23.0. The lowest BCUT2D eigenvalue weighted by molar-refractivity contribution is 0.0816. The predicted molar refractivity (Wildman–Crippen MR) is 115 cm³/mol. The van der Waals surface area contributed by atoms with Crippen molar-refractivity contribution in [2.24, 2.45) is 5.92 Å². The topological polar surface area (TPSA) is 66.8 Å². The van der Waals surface area contributed by atoms with Crippen LogP contribution in [0.5, 0.6) is 5.75 Å². The van der Waals surface area contributed by atoms with Crippen LogP contribution in [0.4, 0.5) is 0 Å². The maximum atomic E-state index is 13.4. The van der Waals surface area contributed by atoms with E-state index in [0.29, 0.717) is 17.7 Å². The first-order chi connectivity index (χ1) is 13.7. The SMILES string of the molecule is C#CCN([C@@H](CC(C)C)[C@H](O)c1cccc(OC)c1)S(=O)(=O)c1ccc(C)cc1. The second-order valence-corrected chi connectivity index (χ2v) is 9.38. The van der Waals surface area contributed by atoms with Crippen molar-refractivity contribution in [3.8, 4) is 18.1 Å². The van der Waals surface area contributed by atoms with Gasteiger partial charge in [0.2, 0.25) is 10.0 Å². The molecule has 6 heteroatoms. The summed E-state index contributed by atoms with van der Waals surface area (Å²) in [6.45, 7) is 5.73. The molecule has 0 spiro atoms. The standard InChI is InChI=1S/C23H29NO4S/c1-6-14-24(29(26,27)21-12-10-18(4)11-13-21)22(15-17(2)3)23(25)19-8-7-9-20(16-19)28-5/h1,7-13,16-17,22-23,25H,14-15H2,2-5H3/t22-,23+/m0/s1. The molecule has 1 N–H and O–H groups in total. The van der Waals surface area contributed by atoms with Crippen LogP contribution in [0.3, 0.4) is 0 Å². The van der Waals surface area contributed by atoms with Gasteiger partial charge in [-0.25, -0.2) is 8.42 Å². The molecule has 2 aromatic carbocycles. The minimum absolute atomic E-state index is 0.130. The Bertz CT molecular complexity index is 946. The Hall–Kier alpha value is -2.33. The zero-order chi connectivity index (χ0) is 21.6. The zero-order valence-electron chi connectivity index (χ0n) is 17.4. The lowest BCUT2D eigenvalue weighted by Crippen LogP contribution is -2.44. The van der Waals surface area contributed by atoms with Crippen LogP contribution in [0.1, 0.15) is 37.5 Å². The first-order valence-electron chi connectivity index (χ1n) is 9.54. The molecular formula is C23H29NO4S. The van der Waals surface area contributed by atoms with E-state index in [2.05, 4.69) is 5.92 Å². The molecule has 0 aliphatic rings. The maximum absolute atomic E-state index is 13.4. The Morgan fingerprint density at radius 3 is 2.38 bits per heavy atom. The molecule has 156 valence electrons. The Kier molecular flexibility index (Phi) is 7.86. The minimum atomic E-state index is -3.89. The molecule has 0 bridgehead atoms. The number of ether oxygens (including phenoxy) is 1. The summed E-state index contributed by atoms with van der Waals surface area (Å²) in [5, 5.41) is 11.2. The largest absolute Gasteiger partial charge is 0.497 e. The summed E-state index contributed by atoms with van der Waals surface area (Å²) < 4.78 is 33.3. The van der Waals surface area contributed by atoms with E-state index in [1.165, 1.54) is 4.31 Å². The number of terminal acetylenes is 1. The molecule has 0 saturated carbocycles. The van der Waals surface area contributed by atoms with Gasteiger partial charge < -0.3 is 9.84 Å². The van der Waals surface area contributed by atoms with Crippen molar-refractivity contribution in [3.05, 3.63) is 59.7 Å². The van der Waals surface area contributed by atoms with E-state index in [1.54, 1.807) is 55.6 Å². The van der Waals surface area contributed by atoms with E-state index in [0.717, 1.165) is 5.56 Å². The van der Waals surface area contributed by atoms with Crippen LogP contribution in [-0.4, -0.2) is 37.5 Å². The number of rotatable bonds is 9. The molecular weight excluding hydrogens is 386 g/mol. The molecule has 0 heterocycles. The maximum Gasteiger partial charge on any atom is 0.244 e. The molecule has 0 amide bonds. The molecule has 0 aliphatic carbocycles. The van der Waals surface area contributed by atoms with Crippen molar-refractivity contribution in [2.75, 3.05) is 13.7 Å². The predicted octanol–water partition coefficient (Wildman–Crippen LogP) is 3.78. The molecule has 0 unspecified atom stereocenters. The highest BCUT2D eigenvalue weighted by atomic mass is 32.2. The van der Waals surface area contributed by atoms with E-state index in [9.17, 15) is 13.5 Å². The fourth-order valence-electron chi connectivity index (χ4n) is 3.25. The summed E-state index contributed by atoms with van der Waals surface area (Å²) in [6.07, 6.45) is 4.92. The molecule has 0 aromatic heterocycles. The average Bonchev–Trinajstić information content (AvgIpc) is 2.70. The van der Waals surface area contributed by atoms with Crippen molar-refractivity contribution in [1.82, 2.24) is 4.31 Å². The van der Waals surface area contributed by atoms with Gasteiger partial charge in [0.15, 0.2) is 0 Å². The number of aliphatic hydroxyl groups is 1. The monoisotopic (exact) mass is 415 g/mol. The van der Waals surface area contributed by atoms with E-state index in [1.807, 2.05) is 20.8 Å². The molecule has 0 aliphatic heterocycles. The summed E-state index contributed by atoms with van der Waals surface area (Å²) in [4.78, 5) is 0.157. The molecule has 5 nitrogen and oxygen atoms in total. The molecule has 2 rings (SSSR count). The summed E-state index contributed by atoms with van der Waals surface area (Å²) in [5.41, 5.74) is 1.54. The van der Waals surface area contributed by atoms with Gasteiger partial charge in [-0.15, -0.1) is 6.42 Å². The van der Waals surface area contributed by atoms with Gasteiger partial charge in [-0.2, -0.15) is 4.31 Å². The lowest BCUT2D eigenvalue weighted by atomic mass is 9.94. The molecule has 0 saturated heterocycles. The summed E-state index contributed by atoms with van der Waals surface area (Å²) in [5.74, 6) is 3.19. The number of hydrogen-bond donors (Lipinski definition) is 1. The van der Waals surface area contributed by atoms with Crippen LogP contribution in [0.25, 0.3) is 0 Å². The minimum Gasteiger partial charge on any atom is -0.497 e. The van der Waals surface area contributed by atoms with E-state index in [-0.39, 0.29) is 17.4 Å². The molecule has 0 fully saturated rings. The van der Waals surface area contributed by atoms with E-state index >= 15 is 0 Å². The van der Waals surface area contributed by atoms with Crippen LogP contribution in [0, 0.1) is 25.2 Å². The smallest absolute Gasteiger partial charge is 0.244 e. The Morgan fingerprint density at radius 1 is 1.17 bits per heavy atom. The number of methoxy groups -OCH3 is 1. The summed E-state index contributed by atoms with van der Waals surface area (Å²) in [7, 11) is -2.35. The van der Waals surface area contributed by atoms with Gasteiger partial charge in [0.1, 0.15) is 5.75 Å². The first-order valence-corrected chi connectivity index (χ1v) is 11.0. The number of aliphatic hydroxyl groups excluding tert-OH is 1. The second-order valence-electron chi connectivity index (χ2n) is 7.49. The van der Waals surface area contributed by atoms with Gasteiger partial charge in [0, 0.05) is 0 Å². The Balaban J connectivity index is 2.52. The summed E-state index contributed by atoms with van der Waals surface area (Å²) in [6, 6.07) is 12.9. The third-order valence-corrected chi connectivity index (χ3v) is 6.64. The second kappa shape index (κ2) is 9.93. The number of hydrogen-bond acceptors (Lipinski definition) is 4. The Morgan fingerprint density at radius 2 is 1.83 bits per heavy atom. The third kappa shape index (κ3) is 5.60. The Labute approximate surface area is 174 Å². The highest BCUT2D eigenvalue weighted by Gasteiger charge is 2.36. The van der Waals surface area contributed by atoms with Crippen LogP contribution in [0.2, 0.25) is 0 Å². The van der Waals surface area contributed by atoms with Crippen molar-refractivity contribution in [3.63, 3.8) is 0 Å². The van der Waals surface area contributed by atoms with Gasteiger partial charge in [-0.3, -0.25) is 0 Å². The fraction of sp³-hybridized carbons (Fsp3) is 0.391. The normalized spacial score (nSPS) is 13.9. The quantitative estimate of drug-likeness (QED) is 0.633. The van der Waals surface area contributed by atoms with Gasteiger partial charge in [0.05, 0.1) is 30.7 Å².